The van der Waals surface area contributed by atoms with Gasteiger partial charge in [-0.3, -0.25) is 14.6 Å². The first-order valence-corrected chi connectivity index (χ1v) is 9.21. The first kappa shape index (κ1) is 17.1. The van der Waals surface area contributed by atoms with E-state index in [9.17, 15) is 4.79 Å². The van der Waals surface area contributed by atoms with Crippen molar-refractivity contribution < 1.29 is 9.53 Å². The number of carbonyl (C=O) groups is 1. The maximum Gasteiger partial charge on any atom is 0.234 e. The molecular weight excluding hydrogens is 292 g/mol. The highest BCUT2D eigenvalue weighted by Gasteiger charge is 2.32. The lowest BCUT2D eigenvalue weighted by Gasteiger charge is -2.35. The van der Waals surface area contributed by atoms with Crippen LogP contribution in [0.5, 0.6) is 0 Å². The molecule has 1 saturated carbocycles. The summed E-state index contributed by atoms with van der Waals surface area (Å²) in [5.74, 6) is 0.209. The SMILES string of the molecule is COCCN1CCN(CC(=O)NC2CCN(C3CC3)CC2)CC1. The van der Waals surface area contributed by atoms with Gasteiger partial charge in [0.15, 0.2) is 0 Å². The van der Waals surface area contributed by atoms with Gasteiger partial charge in [0, 0.05) is 65.0 Å². The average molecular weight is 324 g/mol. The van der Waals surface area contributed by atoms with Crippen LogP contribution in [0.15, 0.2) is 0 Å². The van der Waals surface area contributed by atoms with Crippen LogP contribution < -0.4 is 5.32 Å². The van der Waals surface area contributed by atoms with E-state index in [4.69, 9.17) is 4.74 Å². The summed E-state index contributed by atoms with van der Waals surface area (Å²) < 4.78 is 5.12. The number of piperidine rings is 1. The molecule has 2 aliphatic heterocycles. The summed E-state index contributed by atoms with van der Waals surface area (Å²) >= 11 is 0. The predicted molar refractivity (Wildman–Crippen MR) is 90.5 cm³/mol. The average Bonchev–Trinajstić information content (AvgIpc) is 3.40. The second-order valence-electron chi connectivity index (χ2n) is 7.22. The first-order chi connectivity index (χ1) is 11.2. The predicted octanol–water partition coefficient (Wildman–Crippen LogP) is -0.00660. The van der Waals surface area contributed by atoms with Gasteiger partial charge in [-0.25, -0.2) is 0 Å². The fourth-order valence-corrected chi connectivity index (χ4v) is 3.72. The summed E-state index contributed by atoms with van der Waals surface area (Å²) in [5.41, 5.74) is 0. The van der Waals surface area contributed by atoms with Crippen LogP contribution in [-0.4, -0.2) is 98.8 Å². The van der Waals surface area contributed by atoms with Crippen LogP contribution in [0.25, 0.3) is 0 Å². The van der Waals surface area contributed by atoms with E-state index in [0.717, 1.165) is 71.3 Å². The van der Waals surface area contributed by atoms with Crippen molar-refractivity contribution in [3.05, 3.63) is 0 Å². The highest BCUT2D eigenvalue weighted by Crippen LogP contribution is 2.29. The van der Waals surface area contributed by atoms with Crippen molar-refractivity contribution in [1.29, 1.82) is 0 Å². The first-order valence-electron chi connectivity index (χ1n) is 9.21. The fourth-order valence-electron chi connectivity index (χ4n) is 3.72. The summed E-state index contributed by atoms with van der Waals surface area (Å²) in [7, 11) is 1.75. The van der Waals surface area contributed by atoms with Crippen molar-refractivity contribution >= 4 is 5.91 Å². The Kier molecular flexibility index (Phi) is 6.28. The largest absolute Gasteiger partial charge is 0.383 e. The molecule has 3 fully saturated rings. The molecule has 2 saturated heterocycles. The maximum atomic E-state index is 12.3. The Balaban J connectivity index is 1.29. The van der Waals surface area contributed by atoms with Crippen LogP contribution in [0.1, 0.15) is 25.7 Å². The second kappa shape index (κ2) is 8.42. The summed E-state index contributed by atoms with van der Waals surface area (Å²) in [4.78, 5) is 19.5. The number of ether oxygens (including phenoxy) is 1. The van der Waals surface area contributed by atoms with Gasteiger partial charge in [0.1, 0.15) is 0 Å². The van der Waals surface area contributed by atoms with Gasteiger partial charge in [0.05, 0.1) is 13.2 Å². The maximum absolute atomic E-state index is 12.3. The Morgan fingerprint density at radius 2 is 1.65 bits per heavy atom. The fraction of sp³-hybridized carbons (Fsp3) is 0.941. The summed E-state index contributed by atoms with van der Waals surface area (Å²) in [6, 6.07) is 1.25. The summed E-state index contributed by atoms with van der Waals surface area (Å²) in [6.07, 6.45) is 5.00. The summed E-state index contributed by atoms with van der Waals surface area (Å²) in [5, 5.41) is 3.25. The Morgan fingerprint density at radius 3 is 2.26 bits per heavy atom. The van der Waals surface area contributed by atoms with Crippen LogP contribution >= 0.6 is 0 Å². The van der Waals surface area contributed by atoms with Crippen LogP contribution in [0.2, 0.25) is 0 Å². The number of nitrogens with zero attached hydrogens (tertiary/aromatic N) is 3. The molecule has 0 spiro atoms. The Labute approximate surface area is 140 Å². The zero-order valence-corrected chi connectivity index (χ0v) is 14.5. The lowest BCUT2D eigenvalue weighted by Crippen LogP contribution is -2.52. The molecule has 1 aliphatic carbocycles. The van der Waals surface area contributed by atoms with Gasteiger partial charge in [0.25, 0.3) is 0 Å². The smallest absolute Gasteiger partial charge is 0.234 e. The van der Waals surface area contributed by atoms with E-state index < -0.39 is 0 Å². The van der Waals surface area contributed by atoms with E-state index in [1.165, 1.54) is 12.8 Å². The van der Waals surface area contributed by atoms with Crippen molar-refractivity contribution in [2.75, 3.05) is 66.1 Å². The minimum absolute atomic E-state index is 0.209. The molecule has 6 heteroatoms. The third-order valence-corrected chi connectivity index (χ3v) is 5.40. The van der Waals surface area contributed by atoms with Crippen molar-refractivity contribution in [2.24, 2.45) is 0 Å². The van der Waals surface area contributed by atoms with Crippen LogP contribution in [0.3, 0.4) is 0 Å². The molecule has 3 aliphatic rings. The standard InChI is InChI=1S/C17H32N4O2/c1-23-13-12-19-8-10-20(11-9-19)14-17(22)18-15-4-6-21(7-5-15)16-2-3-16/h15-16H,2-14H2,1H3,(H,18,22). The third-order valence-electron chi connectivity index (χ3n) is 5.40. The third kappa shape index (κ3) is 5.41. The van der Waals surface area contributed by atoms with Gasteiger partial charge in [0.2, 0.25) is 5.91 Å². The van der Waals surface area contributed by atoms with E-state index in [1.54, 1.807) is 7.11 Å². The normalized spacial score (nSPS) is 25.6. The molecule has 3 rings (SSSR count). The van der Waals surface area contributed by atoms with E-state index in [2.05, 4.69) is 20.0 Å². The highest BCUT2D eigenvalue weighted by molar-refractivity contribution is 5.78. The molecule has 132 valence electrons. The summed E-state index contributed by atoms with van der Waals surface area (Å²) in [6.45, 7) is 8.71. The molecule has 1 N–H and O–H groups in total. The highest BCUT2D eigenvalue weighted by atomic mass is 16.5. The number of rotatable bonds is 7. The molecule has 0 unspecified atom stereocenters. The van der Waals surface area contributed by atoms with Gasteiger partial charge in [-0.1, -0.05) is 0 Å². The van der Waals surface area contributed by atoms with Gasteiger partial charge in [-0.15, -0.1) is 0 Å². The van der Waals surface area contributed by atoms with Crippen molar-refractivity contribution in [1.82, 2.24) is 20.0 Å². The quantitative estimate of drug-likeness (QED) is 0.714. The number of carbonyl (C=O) groups excluding carboxylic acids is 1. The second-order valence-corrected chi connectivity index (χ2v) is 7.22. The van der Waals surface area contributed by atoms with Crippen LogP contribution in [0, 0.1) is 0 Å². The van der Waals surface area contributed by atoms with Gasteiger partial charge < -0.3 is 15.0 Å². The van der Waals surface area contributed by atoms with E-state index in [-0.39, 0.29) is 5.91 Å². The molecule has 6 nitrogen and oxygen atoms in total. The van der Waals surface area contributed by atoms with Gasteiger partial charge in [-0.2, -0.15) is 0 Å². The van der Waals surface area contributed by atoms with E-state index >= 15 is 0 Å². The van der Waals surface area contributed by atoms with Gasteiger partial charge in [-0.05, 0) is 25.7 Å². The van der Waals surface area contributed by atoms with Crippen molar-refractivity contribution in [3.8, 4) is 0 Å². The molecule has 23 heavy (non-hydrogen) atoms. The number of piperazine rings is 1. The topological polar surface area (TPSA) is 48.1 Å². The molecule has 1 amide bonds. The van der Waals surface area contributed by atoms with Gasteiger partial charge >= 0.3 is 0 Å². The van der Waals surface area contributed by atoms with Crippen LogP contribution in [-0.2, 0) is 9.53 Å². The molecule has 0 aromatic heterocycles. The minimum atomic E-state index is 0.209. The number of amides is 1. The number of hydrogen-bond donors (Lipinski definition) is 1. The van der Waals surface area contributed by atoms with E-state index in [1.807, 2.05) is 0 Å². The molecule has 0 aromatic carbocycles. The number of likely N-dealkylation sites (tertiary alicyclic amines) is 1. The molecule has 0 atom stereocenters. The number of methoxy groups -OCH3 is 1. The Hall–Kier alpha value is -0.690. The Morgan fingerprint density at radius 1 is 1.00 bits per heavy atom. The molecule has 0 bridgehead atoms. The van der Waals surface area contributed by atoms with Crippen molar-refractivity contribution in [3.63, 3.8) is 0 Å². The monoisotopic (exact) mass is 324 g/mol. The number of nitrogens with one attached hydrogen (secondary N) is 1. The molecule has 2 heterocycles. The zero-order chi connectivity index (χ0) is 16.1. The molecule has 0 radical (unpaired) electrons. The van der Waals surface area contributed by atoms with Crippen molar-refractivity contribution in [2.45, 2.75) is 37.8 Å². The molecular formula is C17H32N4O2. The van der Waals surface area contributed by atoms with E-state index in [0.29, 0.717) is 12.6 Å². The van der Waals surface area contributed by atoms with Crippen LogP contribution in [0.4, 0.5) is 0 Å². The Bertz CT molecular complexity index is 373. The zero-order valence-electron chi connectivity index (χ0n) is 14.5. The lowest BCUT2D eigenvalue weighted by molar-refractivity contribution is -0.123. The minimum Gasteiger partial charge on any atom is -0.383 e. The lowest BCUT2D eigenvalue weighted by atomic mass is 10.0. The number of hydrogen-bond acceptors (Lipinski definition) is 5. The molecule has 0 aromatic rings.